The van der Waals surface area contributed by atoms with Gasteiger partial charge in [-0.05, 0) is 29.3 Å². The van der Waals surface area contributed by atoms with Gasteiger partial charge in [0.1, 0.15) is 12.4 Å². The normalized spacial score (nSPS) is 16.8. The van der Waals surface area contributed by atoms with Crippen LogP contribution in [0.25, 0.3) is 11.1 Å². The lowest BCUT2D eigenvalue weighted by Gasteiger charge is -2.25. The molecule has 20 heavy (non-hydrogen) atoms. The molecule has 0 fully saturated rings. The number of fused-ring (bicyclic) bond motifs is 1. The fraction of sp³-hybridized carbons (Fsp3) is 0.133. The van der Waals surface area contributed by atoms with E-state index in [1.165, 1.54) is 0 Å². The molecule has 0 aromatic heterocycles. The van der Waals surface area contributed by atoms with E-state index in [0.717, 1.165) is 15.6 Å². The van der Waals surface area contributed by atoms with Crippen molar-refractivity contribution in [2.24, 2.45) is 0 Å². The Kier molecular flexibility index (Phi) is 3.36. The van der Waals surface area contributed by atoms with Crippen LogP contribution in [0.2, 0.25) is 0 Å². The second-order valence-electron chi connectivity index (χ2n) is 4.54. The molecule has 102 valence electrons. The Labute approximate surface area is 124 Å². The summed E-state index contributed by atoms with van der Waals surface area (Å²) in [6.07, 6.45) is 0. The molecule has 1 unspecified atom stereocenters. The highest BCUT2D eigenvalue weighted by atomic mass is 79.9. The second-order valence-corrected chi connectivity index (χ2v) is 5.39. The SMILES string of the molecule is O=C(O)C1COc2ccc(-c3ccccc3Br)cc2N1. The Morgan fingerprint density at radius 1 is 1.30 bits per heavy atom. The van der Waals surface area contributed by atoms with Crippen molar-refractivity contribution in [1.82, 2.24) is 0 Å². The van der Waals surface area contributed by atoms with Crippen LogP contribution in [-0.4, -0.2) is 23.7 Å². The molecule has 0 saturated heterocycles. The molecule has 2 aromatic rings. The van der Waals surface area contributed by atoms with Crippen LogP contribution in [0.4, 0.5) is 5.69 Å². The maximum absolute atomic E-state index is 11.0. The highest BCUT2D eigenvalue weighted by Crippen LogP contribution is 2.35. The Hall–Kier alpha value is -2.01. The molecule has 2 N–H and O–H groups in total. The Balaban J connectivity index is 1.99. The first-order valence-electron chi connectivity index (χ1n) is 6.16. The molecule has 0 saturated carbocycles. The van der Waals surface area contributed by atoms with Gasteiger partial charge in [0.2, 0.25) is 0 Å². The fourth-order valence-corrected chi connectivity index (χ4v) is 2.68. The van der Waals surface area contributed by atoms with Crippen LogP contribution in [0.3, 0.4) is 0 Å². The molecular formula is C15H12BrNO3. The molecular weight excluding hydrogens is 322 g/mol. The Morgan fingerprint density at radius 2 is 2.10 bits per heavy atom. The van der Waals surface area contributed by atoms with E-state index in [-0.39, 0.29) is 6.61 Å². The molecule has 3 rings (SSSR count). The monoisotopic (exact) mass is 333 g/mol. The number of halogens is 1. The van der Waals surface area contributed by atoms with Crippen LogP contribution in [0.1, 0.15) is 0 Å². The summed E-state index contributed by atoms with van der Waals surface area (Å²) in [5.74, 6) is -0.236. The smallest absolute Gasteiger partial charge is 0.329 e. The summed E-state index contributed by atoms with van der Waals surface area (Å²) < 4.78 is 6.46. The first-order chi connectivity index (χ1) is 9.65. The lowest BCUT2D eigenvalue weighted by molar-refractivity contribution is -0.138. The average molecular weight is 334 g/mol. The third-order valence-electron chi connectivity index (χ3n) is 3.20. The van der Waals surface area contributed by atoms with Crippen molar-refractivity contribution in [2.75, 3.05) is 11.9 Å². The quantitative estimate of drug-likeness (QED) is 0.884. The minimum atomic E-state index is -0.915. The van der Waals surface area contributed by atoms with E-state index >= 15 is 0 Å². The highest BCUT2D eigenvalue weighted by Gasteiger charge is 2.24. The van der Waals surface area contributed by atoms with E-state index in [2.05, 4.69) is 21.2 Å². The maximum Gasteiger partial charge on any atom is 0.329 e. The number of carboxylic acids is 1. The number of hydrogen-bond acceptors (Lipinski definition) is 3. The van der Waals surface area contributed by atoms with Gasteiger partial charge < -0.3 is 15.2 Å². The zero-order valence-electron chi connectivity index (χ0n) is 10.5. The van der Waals surface area contributed by atoms with Gasteiger partial charge in [-0.25, -0.2) is 4.79 Å². The predicted octanol–water partition coefficient (Wildman–Crippen LogP) is 3.37. The Morgan fingerprint density at radius 3 is 2.85 bits per heavy atom. The van der Waals surface area contributed by atoms with Crippen molar-refractivity contribution < 1.29 is 14.6 Å². The lowest BCUT2D eigenvalue weighted by Crippen LogP contribution is -2.38. The number of benzene rings is 2. The molecule has 0 amide bonds. The molecule has 2 aromatic carbocycles. The molecule has 1 atom stereocenters. The number of carboxylic acid groups (broad SMARTS) is 1. The van der Waals surface area contributed by atoms with Crippen molar-refractivity contribution in [3.8, 4) is 16.9 Å². The van der Waals surface area contributed by atoms with E-state index in [1.807, 2.05) is 42.5 Å². The second kappa shape index (κ2) is 5.17. The number of anilines is 1. The van der Waals surface area contributed by atoms with Gasteiger partial charge in [0.05, 0.1) is 5.69 Å². The summed E-state index contributed by atoms with van der Waals surface area (Å²) >= 11 is 3.52. The van der Waals surface area contributed by atoms with Crippen LogP contribution in [0.15, 0.2) is 46.9 Å². The van der Waals surface area contributed by atoms with Crippen molar-refractivity contribution in [2.45, 2.75) is 6.04 Å². The molecule has 1 aliphatic heterocycles. The van der Waals surface area contributed by atoms with Crippen LogP contribution in [0, 0.1) is 0 Å². The Bertz CT molecular complexity index is 672. The number of carbonyl (C=O) groups is 1. The van der Waals surface area contributed by atoms with Crippen LogP contribution >= 0.6 is 15.9 Å². The summed E-state index contributed by atoms with van der Waals surface area (Å²) in [5, 5.41) is 12.0. The lowest BCUT2D eigenvalue weighted by atomic mass is 10.0. The zero-order valence-corrected chi connectivity index (χ0v) is 12.1. The standard InChI is InChI=1S/C15H12BrNO3/c16-11-4-2-1-3-10(11)9-5-6-14-12(7-9)17-13(8-20-14)15(18)19/h1-7,13,17H,8H2,(H,18,19). The van der Waals surface area contributed by atoms with Gasteiger partial charge in [-0.15, -0.1) is 0 Å². The molecule has 0 spiro atoms. The minimum Gasteiger partial charge on any atom is -0.489 e. The third-order valence-corrected chi connectivity index (χ3v) is 3.89. The first kappa shape index (κ1) is 13.0. The zero-order chi connectivity index (χ0) is 14.1. The summed E-state index contributed by atoms with van der Waals surface area (Å²) in [7, 11) is 0. The molecule has 0 radical (unpaired) electrons. The van der Waals surface area contributed by atoms with Crippen LogP contribution in [0.5, 0.6) is 5.75 Å². The molecule has 0 bridgehead atoms. The molecule has 4 nitrogen and oxygen atoms in total. The largest absolute Gasteiger partial charge is 0.489 e. The van der Waals surface area contributed by atoms with Gasteiger partial charge in [0, 0.05) is 4.47 Å². The van der Waals surface area contributed by atoms with Gasteiger partial charge >= 0.3 is 5.97 Å². The van der Waals surface area contributed by atoms with E-state index < -0.39 is 12.0 Å². The van der Waals surface area contributed by atoms with E-state index in [9.17, 15) is 4.79 Å². The number of ether oxygens (including phenoxy) is 1. The predicted molar refractivity (Wildman–Crippen MR) is 80.1 cm³/mol. The maximum atomic E-state index is 11.0. The first-order valence-corrected chi connectivity index (χ1v) is 6.95. The molecule has 1 aliphatic rings. The number of rotatable bonds is 2. The van der Waals surface area contributed by atoms with Gasteiger partial charge in [-0.3, -0.25) is 0 Å². The fourth-order valence-electron chi connectivity index (χ4n) is 2.17. The van der Waals surface area contributed by atoms with Crippen molar-refractivity contribution >= 4 is 27.6 Å². The van der Waals surface area contributed by atoms with Crippen molar-refractivity contribution in [1.29, 1.82) is 0 Å². The minimum absolute atomic E-state index is 0.136. The van der Waals surface area contributed by atoms with Crippen molar-refractivity contribution in [3.63, 3.8) is 0 Å². The van der Waals surface area contributed by atoms with E-state index in [4.69, 9.17) is 9.84 Å². The number of aliphatic carboxylic acids is 1. The van der Waals surface area contributed by atoms with Crippen LogP contribution in [-0.2, 0) is 4.79 Å². The summed E-state index contributed by atoms with van der Waals surface area (Å²) in [6.45, 7) is 0.136. The average Bonchev–Trinajstić information content (AvgIpc) is 2.46. The van der Waals surface area contributed by atoms with Gasteiger partial charge in [-0.1, -0.05) is 40.2 Å². The van der Waals surface area contributed by atoms with Crippen molar-refractivity contribution in [3.05, 3.63) is 46.9 Å². The van der Waals surface area contributed by atoms with E-state index in [0.29, 0.717) is 11.4 Å². The molecule has 1 heterocycles. The van der Waals surface area contributed by atoms with Gasteiger partial charge in [-0.2, -0.15) is 0 Å². The van der Waals surface area contributed by atoms with Gasteiger partial charge in [0.15, 0.2) is 6.04 Å². The van der Waals surface area contributed by atoms with Gasteiger partial charge in [0.25, 0.3) is 0 Å². The number of hydrogen-bond donors (Lipinski definition) is 2. The molecule has 5 heteroatoms. The summed E-state index contributed by atoms with van der Waals surface area (Å²) in [5.41, 5.74) is 2.75. The number of nitrogens with one attached hydrogen (secondary N) is 1. The van der Waals surface area contributed by atoms with Crippen LogP contribution < -0.4 is 10.1 Å². The molecule has 0 aliphatic carbocycles. The highest BCUT2D eigenvalue weighted by molar-refractivity contribution is 9.10. The third kappa shape index (κ3) is 2.36. The van der Waals surface area contributed by atoms with E-state index in [1.54, 1.807) is 0 Å². The summed E-state index contributed by atoms with van der Waals surface area (Å²) in [4.78, 5) is 11.0. The summed E-state index contributed by atoms with van der Waals surface area (Å²) in [6, 6.07) is 12.9. The topological polar surface area (TPSA) is 58.6 Å².